The highest BCUT2D eigenvalue weighted by atomic mass is 16.5. The molecule has 3 rings (SSSR count). The van der Waals surface area contributed by atoms with Crippen LogP contribution >= 0.6 is 0 Å². The summed E-state index contributed by atoms with van der Waals surface area (Å²) in [7, 11) is 0. The standard InChI is InChI=1S/C17H25NO2/c1-2-19-15-6-3-5-13(11-15)16(18)14-7-10-20-17(12-14)8-4-9-17/h3,5-6,11,14,16H,2,4,7-10,12,18H2,1H3. The Morgan fingerprint density at radius 2 is 2.30 bits per heavy atom. The predicted octanol–water partition coefficient (Wildman–Crippen LogP) is 3.43. The van der Waals surface area contributed by atoms with Crippen LogP contribution in [0.2, 0.25) is 0 Å². The zero-order valence-electron chi connectivity index (χ0n) is 12.3. The molecular weight excluding hydrogens is 250 g/mol. The van der Waals surface area contributed by atoms with Crippen LogP contribution in [0.5, 0.6) is 5.75 Å². The fourth-order valence-electron chi connectivity index (χ4n) is 3.54. The zero-order chi connectivity index (χ0) is 14.0. The molecule has 0 radical (unpaired) electrons. The molecule has 3 nitrogen and oxygen atoms in total. The Hall–Kier alpha value is -1.06. The quantitative estimate of drug-likeness (QED) is 0.915. The molecule has 0 amide bonds. The van der Waals surface area contributed by atoms with Crippen LogP contribution in [0.1, 0.15) is 50.6 Å². The Morgan fingerprint density at radius 1 is 1.45 bits per heavy atom. The fourth-order valence-corrected chi connectivity index (χ4v) is 3.54. The van der Waals surface area contributed by atoms with Crippen molar-refractivity contribution >= 4 is 0 Å². The highest BCUT2D eigenvalue weighted by molar-refractivity contribution is 5.31. The summed E-state index contributed by atoms with van der Waals surface area (Å²) in [4.78, 5) is 0. The van der Waals surface area contributed by atoms with Gasteiger partial charge in [0.15, 0.2) is 0 Å². The lowest BCUT2D eigenvalue weighted by molar-refractivity contribution is -0.146. The second-order valence-electron chi connectivity index (χ2n) is 6.17. The van der Waals surface area contributed by atoms with Gasteiger partial charge < -0.3 is 15.2 Å². The molecule has 2 fully saturated rings. The Kier molecular flexibility index (Phi) is 3.99. The minimum atomic E-state index is 0.0942. The highest BCUT2D eigenvalue weighted by Crippen LogP contribution is 2.46. The van der Waals surface area contributed by atoms with Gasteiger partial charge in [-0.3, -0.25) is 0 Å². The van der Waals surface area contributed by atoms with Gasteiger partial charge in [-0.2, -0.15) is 0 Å². The van der Waals surface area contributed by atoms with Crippen molar-refractivity contribution in [2.24, 2.45) is 11.7 Å². The number of benzene rings is 1. The number of hydrogen-bond acceptors (Lipinski definition) is 3. The van der Waals surface area contributed by atoms with Crippen molar-refractivity contribution in [3.63, 3.8) is 0 Å². The number of rotatable bonds is 4. The maximum Gasteiger partial charge on any atom is 0.119 e. The summed E-state index contributed by atoms with van der Waals surface area (Å²) in [6.07, 6.45) is 5.93. The molecule has 1 saturated carbocycles. The van der Waals surface area contributed by atoms with Gasteiger partial charge in [0.05, 0.1) is 12.2 Å². The van der Waals surface area contributed by atoms with E-state index in [1.807, 2.05) is 19.1 Å². The molecule has 0 aromatic heterocycles. The van der Waals surface area contributed by atoms with E-state index >= 15 is 0 Å². The lowest BCUT2D eigenvalue weighted by Gasteiger charge is -2.48. The van der Waals surface area contributed by atoms with E-state index in [0.717, 1.165) is 25.2 Å². The highest BCUT2D eigenvalue weighted by Gasteiger charge is 2.43. The maximum atomic E-state index is 6.52. The molecule has 1 saturated heterocycles. The topological polar surface area (TPSA) is 44.5 Å². The van der Waals surface area contributed by atoms with E-state index < -0.39 is 0 Å². The summed E-state index contributed by atoms with van der Waals surface area (Å²) in [6.45, 7) is 3.56. The third kappa shape index (κ3) is 2.70. The number of ether oxygens (including phenoxy) is 2. The molecule has 1 spiro atoms. The normalized spacial score (nSPS) is 26.0. The van der Waals surface area contributed by atoms with Crippen molar-refractivity contribution in [1.82, 2.24) is 0 Å². The van der Waals surface area contributed by atoms with E-state index in [0.29, 0.717) is 12.5 Å². The van der Waals surface area contributed by atoms with Crippen LogP contribution in [0.3, 0.4) is 0 Å². The molecule has 1 heterocycles. The second-order valence-corrected chi connectivity index (χ2v) is 6.17. The van der Waals surface area contributed by atoms with E-state index in [1.165, 1.54) is 24.8 Å². The van der Waals surface area contributed by atoms with Crippen molar-refractivity contribution in [3.8, 4) is 5.75 Å². The predicted molar refractivity (Wildman–Crippen MR) is 79.8 cm³/mol. The number of nitrogens with two attached hydrogens (primary N) is 1. The molecule has 1 aliphatic carbocycles. The van der Waals surface area contributed by atoms with Crippen LogP contribution in [-0.4, -0.2) is 18.8 Å². The third-order valence-corrected chi connectivity index (χ3v) is 4.86. The second kappa shape index (κ2) is 5.74. The first-order valence-corrected chi connectivity index (χ1v) is 7.85. The van der Waals surface area contributed by atoms with Crippen LogP contribution in [-0.2, 0) is 4.74 Å². The van der Waals surface area contributed by atoms with Crippen LogP contribution in [0.25, 0.3) is 0 Å². The average Bonchev–Trinajstić information content (AvgIpc) is 2.46. The van der Waals surface area contributed by atoms with Gasteiger partial charge >= 0.3 is 0 Å². The zero-order valence-corrected chi connectivity index (χ0v) is 12.3. The van der Waals surface area contributed by atoms with Gasteiger partial charge in [0.2, 0.25) is 0 Å². The molecule has 3 heteroatoms. The number of hydrogen-bond donors (Lipinski definition) is 1. The Balaban J connectivity index is 1.71. The Morgan fingerprint density at radius 3 is 3.00 bits per heavy atom. The van der Waals surface area contributed by atoms with Gasteiger partial charge in [-0.25, -0.2) is 0 Å². The Bertz CT molecular complexity index is 456. The first kappa shape index (κ1) is 13.9. The van der Waals surface area contributed by atoms with Crippen LogP contribution in [0.4, 0.5) is 0 Å². The van der Waals surface area contributed by atoms with Crippen LogP contribution in [0, 0.1) is 5.92 Å². The monoisotopic (exact) mass is 275 g/mol. The van der Waals surface area contributed by atoms with E-state index in [1.54, 1.807) is 0 Å². The summed E-state index contributed by atoms with van der Waals surface area (Å²) < 4.78 is 11.6. The molecule has 0 bridgehead atoms. The summed E-state index contributed by atoms with van der Waals surface area (Å²) in [5.41, 5.74) is 7.88. The lowest BCUT2D eigenvalue weighted by Crippen LogP contribution is -2.47. The van der Waals surface area contributed by atoms with E-state index in [9.17, 15) is 0 Å². The largest absolute Gasteiger partial charge is 0.494 e. The molecule has 2 atom stereocenters. The van der Waals surface area contributed by atoms with Crippen LogP contribution in [0.15, 0.2) is 24.3 Å². The molecule has 110 valence electrons. The SMILES string of the molecule is CCOc1cccc(C(N)C2CCOC3(CCC3)C2)c1. The van der Waals surface area contributed by atoms with Crippen LogP contribution < -0.4 is 10.5 Å². The third-order valence-electron chi connectivity index (χ3n) is 4.86. The molecule has 2 aliphatic rings. The van der Waals surface area contributed by atoms with Gasteiger partial charge in [0, 0.05) is 12.6 Å². The molecule has 1 aromatic rings. The van der Waals surface area contributed by atoms with Crippen molar-refractivity contribution < 1.29 is 9.47 Å². The van der Waals surface area contributed by atoms with E-state index in [2.05, 4.69) is 12.1 Å². The van der Waals surface area contributed by atoms with Gasteiger partial charge in [-0.05, 0) is 62.6 Å². The molecule has 2 N–H and O–H groups in total. The minimum absolute atomic E-state index is 0.0942. The first-order valence-electron chi connectivity index (χ1n) is 7.85. The summed E-state index contributed by atoms with van der Waals surface area (Å²) in [6, 6.07) is 8.35. The van der Waals surface area contributed by atoms with Crippen molar-refractivity contribution in [1.29, 1.82) is 0 Å². The molecule has 2 unspecified atom stereocenters. The minimum Gasteiger partial charge on any atom is -0.494 e. The molecule has 1 aromatic carbocycles. The average molecular weight is 275 g/mol. The van der Waals surface area contributed by atoms with Gasteiger partial charge in [-0.15, -0.1) is 0 Å². The summed E-state index contributed by atoms with van der Waals surface area (Å²) >= 11 is 0. The lowest BCUT2D eigenvalue weighted by atomic mass is 9.70. The molecule has 1 aliphatic heterocycles. The smallest absolute Gasteiger partial charge is 0.119 e. The van der Waals surface area contributed by atoms with Crippen molar-refractivity contribution in [3.05, 3.63) is 29.8 Å². The fraction of sp³-hybridized carbons (Fsp3) is 0.647. The van der Waals surface area contributed by atoms with Gasteiger partial charge in [0.25, 0.3) is 0 Å². The molecular formula is C17H25NO2. The maximum absolute atomic E-state index is 6.52. The molecule has 20 heavy (non-hydrogen) atoms. The van der Waals surface area contributed by atoms with Gasteiger partial charge in [0.1, 0.15) is 5.75 Å². The van der Waals surface area contributed by atoms with E-state index in [-0.39, 0.29) is 11.6 Å². The first-order chi connectivity index (χ1) is 9.72. The van der Waals surface area contributed by atoms with Gasteiger partial charge in [-0.1, -0.05) is 12.1 Å². The Labute approximate surface area is 121 Å². The van der Waals surface area contributed by atoms with Crippen molar-refractivity contribution in [2.75, 3.05) is 13.2 Å². The summed E-state index contributed by atoms with van der Waals surface area (Å²) in [5, 5.41) is 0. The van der Waals surface area contributed by atoms with Crippen molar-refractivity contribution in [2.45, 2.75) is 50.7 Å². The summed E-state index contributed by atoms with van der Waals surface area (Å²) in [5.74, 6) is 1.45. The van der Waals surface area contributed by atoms with E-state index in [4.69, 9.17) is 15.2 Å².